The van der Waals surface area contributed by atoms with Crippen LogP contribution in [0.4, 0.5) is 0 Å². The van der Waals surface area contributed by atoms with E-state index < -0.39 is 0 Å². The first-order valence-electron chi connectivity index (χ1n) is 1.71. The second-order valence-electron chi connectivity index (χ2n) is 1.22. The molecule has 0 unspecified atom stereocenters. The van der Waals surface area contributed by atoms with Crippen LogP contribution in [-0.2, 0) is 4.79 Å². The molecule has 0 saturated carbocycles. The van der Waals surface area contributed by atoms with Crippen LogP contribution in [0.15, 0.2) is 0 Å². The lowest BCUT2D eigenvalue weighted by atomic mass is 10.5. The number of hydrogen-bond acceptors (Lipinski definition) is 2. The Bertz CT molecular complexity index is 78.9. The van der Waals surface area contributed by atoms with Crippen molar-refractivity contribution in [2.75, 3.05) is 5.75 Å². The second-order valence-corrected chi connectivity index (χ2v) is 2.46. The lowest BCUT2D eigenvalue weighted by Crippen LogP contribution is -2.16. The van der Waals surface area contributed by atoms with Gasteiger partial charge in [-0.25, -0.2) is 0 Å². The molecule has 0 radical (unpaired) electrons. The minimum Gasteiger partial charge on any atom is -0.369 e. The van der Waals surface area contributed by atoms with E-state index in [9.17, 15) is 4.79 Å². The number of carbonyl (C=O) groups excluding carboxylic acids is 1. The molecule has 1 rings (SSSR count). The van der Waals surface area contributed by atoms with E-state index in [0.29, 0.717) is 0 Å². The number of hydrogen-bond donors (Lipinski definition) is 1. The van der Waals surface area contributed by atoms with E-state index in [1.807, 2.05) is 0 Å². The minimum atomic E-state index is -0.167. The average Bonchev–Trinajstić information content (AvgIpc) is 2.06. The number of rotatable bonds is 1. The molecule has 0 aliphatic carbocycles. The molecule has 0 aromatic rings. The lowest BCUT2D eigenvalue weighted by Gasteiger charge is -1.75. The maximum absolute atomic E-state index is 9.96. The van der Waals surface area contributed by atoms with Crippen molar-refractivity contribution in [2.45, 2.75) is 5.25 Å². The zero-order chi connectivity index (χ0) is 4.57. The van der Waals surface area contributed by atoms with Crippen LogP contribution in [0.5, 0.6) is 0 Å². The summed E-state index contributed by atoms with van der Waals surface area (Å²) in [7, 11) is 0. The summed E-state index contributed by atoms with van der Waals surface area (Å²) in [6.07, 6.45) is 0. The predicted molar refractivity (Wildman–Crippen MR) is 25.4 cm³/mol. The normalized spacial score (nSPS) is 29.7. The van der Waals surface area contributed by atoms with Crippen LogP contribution in [0, 0.1) is 0 Å². The van der Waals surface area contributed by atoms with Gasteiger partial charge in [-0.05, 0) is 0 Å². The quantitative estimate of drug-likeness (QED) is 0.458. The molecule has 0 aromatic carbocycles. The third-order valence-electron chi connectivity index (χ3n) is 0.651. The number of amides is 1. The summed E-state index contributed by atoms with van der Waals surface area (Å²) in [5, 5.41) is 0.157. The van der Waals surface area contributed by atoms with Gasteiger partial charge in [0.05, 0.1) is 5.25 Å². The Hall–Kier alpha value is -0.180. The van der Waals surface area contributed by atoms with Gasteiger partial charge in [-0.2, -0.15) is 0 Å². The Morgan fingerprint density at radius 3 is 2.50 bits per heavy atom. The topological polar surface area (TPSA) is 43.1 Å². The maximum atomic E-state index is 9.96. The Labute approximate surface area is 40.1 Å². The van der Waals surface area contributed by atoms with Crippen molar-refractivity contribution in [1.29, 1.82) is 0 Å². The first-order valence-corrected chi connectivity index (χ1v) is 2.76. The van der Waals surface area contributed by atoms with E-state index in [1.54, 1.807) is 11.8 Å². The summed E-state index contributed by atoms with van der Waals surface area (Å²) in [4.78, 5) is 9.96. The molecular weight excluding hydrogens is 98.1 g/mol. The van der Waals surface area contributed by atoms with Gasteiger partial charge in [-0.3, -0.25) is 4.79 Å². The van der Waals surface area contributed by atoms with Gasteiger partial charge in [0.2, 0.25) is 5.91 Å². The number of carbonyl (C=O) groups is 1. The highest BCUT2D eigenvalue weighted by Gasteiger charge is 2.27. The average molecular weight is 103 g/mol. The van der Waals surface area contributed by atoms with E-state index in [4.69, 9.17) is 5.73 Å². The molecule has 1 atom stereocenters. The molecule has 6 heavy (non-hydrogen) atoms. The minimum absolute atomic E-state index is 0.157. The molecule has 3 heteroatoms. The summed E-state index contributed by atoms with van der Waals surface area (Å²) < 4.78 is 0. The van der Waals surface area contributed by atoms with E-state index in [-0.39, 0.29) is 11.2 Å². The molecule has 2 nitrogen and oxygen atoms in total. The Morgan fingerprint density at radius 1 is 2.00 bits per heavy atom. The molecule has 1 amide bonds. The number of thioether (sulfide) groups is 1. The smallest absolute Gasteiger partial charge is 0.231 e. The van der Waals surface area contributed by atoms with Crippen LogP contribution in [0.1, 0.15) is 0 Å². The molecular formula is C3H5NOS. The SMILES string of the molecule is NC(=O)[C@H]1CS1. The van der Waals surface area contributed by atoms with Crippen molar-refractivity contribution in [1.82, 2.24) is 0 Å². The Morgan fingerprint density at radius 2 is 2.50 bits per heavy atom. The van der Waals surface area contributed by atoms with Gasteiger partial charge in [-0.1, -0.05) is 0 Å². The molecule has 0 aromatic heterocycles. The van der Waals surface area contributed by atoms with Gasteiger partial charge in [0.25, 0.3) is 0 Å². The fraction of sp³-hybridized carbons (Fsp3) is 0.667. The van der Waals surface area contributed by atoms with Crippen LogP contribution in [0.25, 0.3) is 0 Å². The fourth-order valence-corrected chi connectivity index (χ4v) is 0.637. The standard InChI is InChI=1S/C3H5NOS/c4-3(5)2-1-6-2/h2H,1H2,(H2,4,5)/t2-/m1/s1. The molecule has 0 bridgehead atoms. The molecule has 1 heterocycles. The highest BCUT2D eigenvalue weighted by atomic mass is 32.2. The maximum Gasteiger partial charge on any atom is 0.231 e. The summed E-state index contributed by atoms with van der Waals surface area (Å²) in [5.74, 6) is 0.773. The molecule has 1 aliphatic heterocycles. The fourth-order valence-electron chi connectivity index (χ4n) is 0.212. The molecule has 1 saturated heterocycles. The monoisotopic (exact) mass is 103 g/mol. The van der Waals surface area contributed by atoms with Gasteiger partial charge in [0.15, 0.2) is 0 Å². The van der Waals surface area contributed by atoms with E-state index >= 15 is 0 Å². The van der Waals surface area contributed by atoms with E-state index in [0.717, 1.165) is 5.75 Å². The van der Waals surface area contributed by atoms with E-state index in [1.165, 1.54) is 0 Å². The van der Waals surface area contributed by atoms with E-state index in [2.05, 4.69) is 0 Å². The van der Waals surface area contributed by atoms with Crippen molar-refractivity contribution in [3.8, 4) is 0 Å². The lowest BCUT2D eigenvalue weighted by molar-refractivity contribution is -0.116. The zero-order valence-corrected chi connectivity index (χ0v) is 3.99. The predicted octanol–water partition coefficient (Wildman–Crippen LogP) is -0.413. The van der Waals surface area contributed by atoms with Crippen molar-refractivity contribution < 1.29 is 4.79 Å². The van der Waals surface area contributed by atoms with Gasteiger partial charge < -0.3 is 5.73 Å². The molecule has 1 aliphatic rings. The summed E-state index contributed by atoms with van der Waals surface area (Å²) in [5.41, 5.74) is 4.84. The first-order chi connectivity index (χ1) is 2.80. The second kappa shape index (κ2) is 1.15. The zero-order valence-electron chi connectivity index (χ0n) is 3.18. The van der Waals surface area contributed by atoms with Crippen molar-refractivity contribution in [3.05, 3.63) is 0 Å². The van der Waals surface area contributed by atoms with Gasteiger partial charge in [0.1, 0.15) is 0 Å². The van der Waals surface area contributed by atoms with Gasteiger partial charge in [0, 0.05) is 5.75 Å². The van der Waals surface area contributed by atoms with Crippen LogP contribution < -0.4 is 5.73 Å². The van der Waals surface area contributed by atoms with Crippen LogP contribution >= 0.6 is 11.8 Å². The number of nitrogens with two attached hydrogens (primary N) is 1. The third kappa shape index (κ3) is 0.653. The number of primary amides is 1. The molecule has 2 N–H and O–H groups in total. The Balaban J connectivity index is 2.31. The van der Waals surface area contributed by atoms with Crippen LogP contribution in [-0.4, -0.2) is 16.9 Å². The largest absolute Gasteiger partial charge is 0.369 e. The molecule has 0 spiro atoms. The summed E-state index contributed by atoms with van der Waals surface area (Å²) >= 11 is 1.60. The highest BCUT2D eigenvalue weighted by Crippen LogP contribution is 2.28. The molecule has 1 fully saturated rings. The van der Waals surface area contributed by atoms with Crippen molar-refractivity contribution in [2.24, 2.45) is 5.73 Å². The highest BCUT2D eigenvalue weighted by molar-refractivity contribution is 8.07. The summed E-state index contributed by atoms with van der Waals surface area (Å²) in [6.45, 7) is 0. The third-order valence-corrected chi connectivity index (χ3v) is 1.55. The van der Waals surface area contributed by atoms with Crippen LogP contribution in [0.3, 0.4) is 0 Å². The van der Waals surface area contributed by atoms with Gasteiger partial charge in [-0.15, -0.1) is 11.8 Å². The van der Waals surface area contributed by atoms with Crippen molar-refractivity contribution in [3.63, 3.8) is 0 Å². The van der Waals surface area contributed by atoms with Gasteiger partial charge >= 0.3 is 0 Å². The Kier molecular flexibility index (Phi) is 0.765. The van der Waals surface area contributed by atoms with Crippen molar-refractivity contribution >= 4 is 17.7 Å². The first kappa shape index (κ1) is 3.99. The summed E-state index contributed by atoms with van der Waals surface area (Å²) in [6, 6.07) is 0. The van der Waals surface area contributed by atoms with Crippen LogP contribution in [0.2, 0.25) is 0 Å². The molecule has 34 valence electrons.